The third-order valence-corrected chi connectivity index (χ3v) is 13.0. The lowest BCUT2D eigenvalue weighted by molar-refractivity contribution is -0.123. The molecule has 2 N–H and O–H groups in total. The molecule has 1 fully saturated rings. The lowest BCUT2D eigenvalue weighted by Crippen LogP contribution is -2.23. The van der Waals surface area contributed by atoms with E-state index in [-0.39, 0.29) is 12.9 Å². The van der Waals surface area contributed by atoms with Gasteiger partial charge in [-0.2, -0.15) is 0 Å². The summed E-state index contributed by atoms with van der Waals surface area (Å²) in [7, 11) is 0. The van der Waals surface area contributed by atoms with Crippen molar-refractivity contribution in [2.45, 2.75) is 241 Å². The fourth-order valence-electron chi connectivity index (χ4n) is 6.65. The van der Waals surface area contributed by atoms with Gasteiger partial charge in [-0.15, -0.1) is 0 Å². The standard InChI is InChI=1S/C20H29FOS.C15H30.C13H28.C4H10.C2H6.2CH2O2/c1-7-14(4)12-17(8-2)23-16(6)18-13-15(5)10-11-19(18)22-20(21)9-3;1-5-7-15(12(3)4)11-13(6-2)10-14-8-9-14;1-7-8-9-10-11(2)12(3)13(4,5)6;1-3-4-2;1-2;2*2-1-3/h10-14,20H,6-9H2,1-5H3;12-15H,5-11H2,1-4H3;11-12H,7-10H2,1-6H3;3-4H2,1-2H3;1-2H3;2*1H,(H,2,3)/b17-12-;;;;;;. The number of aryl methyl sites for hydroxylation is 1. The summed E-state index contributed by atoms with van der Waals surface area (Å²) in [6.45, 7) is 46.1. The number of benzene rings is 1. The highest BCUT2D eigenvalue weighted by Crippen LogP contribution is 2.41. The predicted octanol–water partition coefficient (Wildman–Crippen LogP) is 19.5. The number of halogens is 1. The van der Waals surface area contributed by atoms with Crippen LogP contribution in [0.25, 0.3) is 4.91 Å². The predicted molar refractivity (Wildman–Crippen MR) is 282 cm³/mol. The van der Waals surface area contributed by atoms with Crippen molar-refractivity contribution in [1.29, 1.82) is 0 Å². The molecule has 0 saturated heterocycles. The van der Waals surface area contributed by atoms with Crippen LogP contribution in [-0.2, 0) is 9.59 Å². The first kappa shape index (κ1) is 69.8. The second-order valence-corrected chi connectivity index (χ2v) is 19.9. The maximum absolute atomic E-state index is 13.6. The first-order chi connectivity index (χ1) is 29.7. The topological polar surface area (TPSA) is 83.8 Å². The van der Waals surface area contributed by atoms with Crippen molar-refractivity contribution in [3.05, 3.63) is 46.9 Å². The van der Waals surface area contributed by atoms with E-state index >= 15 is 0 Å². The fourth-order valence-corrected chi connectivity index (χ4v) is 7.69. The van der Waals surface area contributed by atoms with E-state index in [0.717, 1.165) is 64.4 Å². The Balaban J connectivity index is -0.000000244. The number of ether oxygens (including phenoxy) is 1. The van der Waals surface area contributed by atoms with E-state index in [9.17, 15) is 4.39 Å². The molecule has 1 aromatic rings. The lowest BCUT2D eigenvalue weighted by atomic mass is 9.73. The molecule has 0 amide bonds. The average Bonchev–Trinajstić information content (AvgIpc) is 4.08. The summed E-state index contributed by atoms with van der Waals surface area (Å²) in [4.78, 5) is 18.9. The zero-order valence-corrected chi connectivity index (χ0v) is 45.8. The summed E-state index contributed by atoms with van der Waals surface area (Å²) in [6, 6.07) is 5.79. The van der Waals surface area contributed by atoms with E-state index in [0.29, 0.717) is 23.5 Å². The van der Waals surface area contributed by atoms with Crippen LogP contribution < -0.4 is 4.74 Å². The highest BCUT2D eigenvalue weighted by atomic mass is 32.2. The van der Waals surface area contributed by atoms with Crippen LogP contribution in [0.5, 0.6) is 5.75 Å². The van der Waals surface area contributed by atoms with Crippen LogP contribution in [0.3, 0.4) is 0 Å². The number of unbranched alkanes of at least 4 members (excludes halogenated alkanes) is 3. The largest absolute Gasteiger partial charge is 0.483 e. The van der Waals surface area contributed by atoms with Crippen LogP contribution in [0.4, 0.5) is 4.39 Å². The first-order valence-corrected chi connectivity index (χ1v) is 26.2. The summed E-state index contributed by atoms with van der Waals surface area (Å²) in [5.41, 5.74) is 2.48. The monoisotopic (exact) mass is 911 g/mol. The number of carboxylic acid groups (broad SMARTS) is 2. The summed E-state index contributed by atoms with van der Waals surface area (Å²) in [6.07, 6.45) is 21.9. The van der Waals surface area contributed by atoms with Gasteiger partial charge in [0.05, 0.1) is 0 Å². The number of hydrogen-bond donors (Lipinski definition) is 2. The summed E-state index contributed by atoms with van der Waals surface area (Å²) < 4.78 is 19.1. The molecule has 63 heavy (non-hydrogen) atoms. The zero-order valence-electron chi connectivity index (χ0n) is 45.0. The molecular weight excluding hydrogens is 804 g/mol. The minimum Gasteiger partial charge on any atom is -0.483 e. The van der Waals surface area contributed by atoms with E-state index in [2.05, 4.69) is 117 Å². The van der Waals surface area contributed by atoms with Gasteiger partial charge in [-0.05, 0) is 90.1 Å². The number of carbonyl (C=O) groups is 2. The van der Waals surface area contributed by atoms with Crippen molar-refractivity contribution < 1.29 is 28.9 Å². The van der Waals surface area contributed by atoms with Crippen LogP contribution in [0, 0.1) is 53.8 Å². The Kier molecular flexibility index (Phi) is 51.2. The molecule has 0 aliphatic heterocycles. The molecule has 6 unspecified atom stereocenters. The highest BCUT2D eigenvalue weighted by molar-refractivity contribution is 8.11. The maximum atomic E-state index is 13.6. The second kappa shape index (κ2) is 46.3. The molecule has 0 bridgehead atoms. The Bertz CT molecular complexity index is 1200. The average molecular weight is 912 g/mol. The molecule has 1 saturated carbocycles. The third-order valence-electron chi connectivity index (χ3n) is 11.9. The van der Waals surface area contributed by atoms with Gasteiger partial charge in [0.1, 0.15) is 5.75 Å². The normalized spacial score (nSPS) is 14.7. The Labute approximate surface area is 397 Å². The molecule has 7 heteroatoms. The van der Waals surface area contributed by atoms with Crippen molar-refractivity contribution in [1.82, 2.24) is 0 Å². The van der Waals surface area contributed by atoms with Crippen LogP contribution in [0.1, 0.15) is 238 Å². The van der Waals surface area contributed by atoms with Gasteiger partial charge in [0.25, 0.3) is 12.9 Å². The van der Waals surface area contributed by atoms with Crippen molar-refractivity contribution in [2.24, 2.45) is 46.8 Å². The van der Waals surface area contributed by atoms with Crippen LogP contribution in [0.2, 0.25) is 0 Å². The van der Waals surface area contributed by atoms with Gasteiger partial charge in [0.2, 0.25) is 6.36 Å². The molecule has 0 heterocycles. The molecule has 0 aromatic heterocycles. The molecule has 5 nitrogen and oxygen atoms in total. The Morgan fingerprint density at radius 2 is 1.38 bits per heavy atom. The van der Waals surface area contributed by atoms with Crippen molar-refractivity contribution >= 4 is 29.6 Å². The number of hydrogen-bond acceptors (Lipinski definition) is 4. The van der Waals surface area contributed by atoms with E-state index < -0.39 is 6.36 Å². The molecule has 6 atom stereocenters. The Morgan fingerprint density at radius 1 is 0.841 bits per heavy atom. The molecule has 374 valence electrons. The summed E-state index contributed by atoms with van der Waals surface area (Å²) >= 11 is 1.66. The van der Waals surface area contributed by atoms with Gasteiger partial charge >= 0.3 is 0 Å². The van der Waals surface area contributed by atoms with Gasteiger partial charge in [0.15, 0.2) is 0 Å². The van der Waals surface area contributed by atoms with Crippen molar-refractivity contribution in [3.8, 4) is 5.75 Å². The number of rotatable bonds is 23. The number of allylic oxidation sites excluding steroid dienone is 2. The molecule has 1 aromatic carbocycles. The minimum atomic E-state index is -1.28. The van der Waals surface area contributed by atoms with Gasteiger partial charge < -0.3 is 14.9 Å². The van der Waals surface area contributed by atoms with Gasteiger partial charge in [-0.25, -0.2) is 4.39 Å². The molecule has 0 spiro atoms. The van der Waals surface area contributed by atoms with Crippen molar-refractivity contribution in [3.63, 3.8) is 0 Å². The van der Waals surface area contributed by atoms with Crippen LogP contribution in [-0.4, -0.2) is 29.5 Å². The fraction of sp³-hybridized carbons (Fsp3) is 0.786. The quantitative estimate of drug-likeness (QED) is 0.0841. The molecule has 1 aliphatic rings. The van der Waals surface area contributed by atoms with Gasteiger partial charge in [0, 0.05) is 16.9 Å². The highest BCUT2D eigenvalue weighted by Gasteiger charge is 2.27. The van der Waals surface area contributed by atoms with Crippen LogP contribution >= 0.6 is 11.8 Å². The summed E-state index contributed by atoms with van der Waals surface area (Å²) in [5.74, 6) is 6.85. The molecule has 2 rings (SSSR count). The Hall–Kier alpha value is -2.28. The number of thioether (sulfide) groups is 1. The van der Waals surface area contributed by atoms with Gasteiger partial charge in [-0.3, -0.25) is 9.59 Å². The first-order valence-electron chi connectivity index (χ1n) is 25.4. The van der Waals surface area contributed by atoms with E-state index in [1.807, 2.05) is 39.0 Å². The zero-order chi connectivity index (χ0) is 50.0. The van der Waals surface area contributed by atoms with E-state index in [1.54, 1.807) is 18.7 Å². The maximum Gasteiger partial charge on any atom is 0.290 e. The SMILES string of the molecule is C=C(S/C(=C\C(C)CC)CC)c1cc(C)ccc1OC(F)CC.CC.CCCC.CCCC(CC(CC)CC1CC1)C(C)C.CCCCCC(C)C(C)C(C)(C)C.O=CO.O=CO. The van der Waals surface area contributed by atoms with E-state index in [1.165, 1.54) is 88.4 Å². The summed E-state index contributed by atoms with van der Waals surface area (Å²) in [5, 5.41) is 13.8. The minimum absolute atomic E-state index is 0.250. The van der Waals surface area contributed by atoms with Crippen LogP contribution in [0.15, 0.2) is 35.8 Å². The molecule has 1 aliphatic carbocycles. The van der Waals surface area contributed by atoms with Crippen molar-refractivity contribution in [2.75, 3.05) is 0 Å². The molecule has 0 radical (unpaired) electrons. The number of alkyl halides is 1. The molecular formula is C56H107FO5S. The lowest BCUT2D eigenvalue weighted by Gasteiger charge is -2.32. The third kappa shape index (κ3) is 42.1. The van der Waals surface area contributed by atoms with Gasteiger partial charge in [-0.1, -0.05) is 238 Å². The smallest absolute Gasteiger partial charge is 0.290 e. The Morgan fingerprint density at radius 3 is 1.76 bits per heavy atom. The second-order valence-electron chi connectivity index (χ2n) is 18.7. The van der Waals surface area contributed by atoms with E-state index in [4.69, 9.17) is 24.5 Å².